The van der Waals surface area contributed by atoms with E-state index in [-0.39, 0.29) is 22.6 Å². The van der Waals surface area contributed by atoms with E-state index in [0.717, 1.165) is 4.47 Å². The van der Waals surface area contributed by atoms with Crippen molar-refractivity contribution in [3.63, 3.8) is 0 Å². The second-order valence-electron chi connectivity index (χ2n) is 6.32. The smallest absolute Gasteiger partial charge is 0.340 e. The number of hydrogen-bond donors (Lipinski definition) is 0. The van der Waals surface area contributed by atoms with Crippen LogP contribution in [0.3, 0.4) is 0 Å². The SMILES string of the molecule is COC(=O)C1=C(C)N(c2cccc(Br)c2)C(=O)C1=Cc1ccc(OC)c([N+](=O)[O-])c1. The fraction of sp³-hybridized carbons (Fsp3) is 0.143. The summed E-state index contributed by atoms with van der Waals surface area (Å²) in [6.45, 7) is 1.64. The van der Waals surface area contributed by atoms with E-state index in [9.17, 15) is 19.7 Å². The van der Waals surface area contributed by atoms with E-state index >= 15 is 0 Å². The average molecular weight is 473 g/mol. The number of esters is 1. The lowest BCUT2D eigenvalue weighted by molar-refractivity contribution is -0.385. The van der Waals surface area contributed by atoms with Gasteiger partial charge in [-0.25, -0.2) is 4.79 Å². The molecule has 0 N–H and O–H groups in total. The molecule has 30 heavy (non-hydrogen) atoms. The van der Waals surface area contributed by atoms with Crippen molar-refractivity contribution in [3.8, 4) is 5.75 Å². The first kappa shape index (κ1) is 21.3. The third-order valence-electron chi connectivity index (χ3n) is 4.57. The second-order valence-corrected chi connectivity index (χ2v) is 7.23. The number of halogens is 1. The van der Waals surface area contributed by atoms with Crippen LogP contribution < -0.4 is 9.64 Å². The van der Waals surface area contributed by atoms with Crippen LogP contribution in [0.1, 0.15) is 12.5 Å². The average Bonchev–Trinajstić information content (AvgIpc) is 2.96. The minimum atomic E-state index is -0.674. The predicted octanol–water partition coefficient (Wildman–Crippen LogP) is 4.24. The number of methoxy groups -OCH3 is 2. The van der Waals surface area contributed by atoms with Gasteiger partial charge in [-0.3, -0.25) is 19.8 Å². The fourth-order valence-electron chi connectivity index (χ4n) is 3.21. The Hall–Kier alpha value is -3.46. The van der Waals surface area contributed by atoms with Gasteiger partial charge in [0.2, 0.25) is 0 Å². The number of nitro groups is 1. The molecule has 1 aliphatic heterocycles. The van der Waals surface area contributed by atoms with Gasteiger partial charge in [-0.2, -0.15) is 0 Å². The van der Waals surface area contributed by atoms with Gasteiger partial charge in [0.15, 0.2) is 5.75 Å². The second kappa shape index (κ2) is 8.50. The minimum Gasteiger partial charge on any atom is -0.490 e. The van der Waals surface area contributed by atoms with Crippen LogP contribution in [0.2, 0.25) is 0 Å². The van der Waals surface area contributed by atoms with E-state index in [1.165, 1.54) is 37.3 Å². The predicted molar refractivity (Wildman–Crippen MR) is 114 cm³/mol. The van der Waals surface area contributed by atoms with Gasteiger partial charge in [-0.05, 0) is 42.8 Å². The highest BCUT2D eigenvalue weighted by Gasteiger charge is 2.38. The quantitative estimate of drug-likeness (QED) is 0.279. The van der Waals surface area contributed by atoms with Gasteiger partial charge < -0.3 is 9.47 Å². The zero-order chi connectivity index (χ0) is 22.0. The maximum absolute atomic E-state index is 13.2. The molecule has 1 amide bonds. The summed E-state index contributed by atoms with van der Waals surface area (Å²) in [7, 11) is 2.56. The number of ether oxygens (including phenoxy) is 2. The molecular weight excluding hydrogens is 456 g/mol. The zero-order valence-corrected chi connectivity index (χ0v) is 17.9. The van der Waals surface area contributed by atoms with E-state index in [2.05, 4.69) is 15.9 Å². The lowest BCUT2D eigenvalue weighted by Crippen LogP contribution is -2.24. The first-order valence-electron chi connectivity index (χ1n) is 8.72. The summed E-state index contributed by atoms with van der Waals surface area (Å²) in [5.41, 5.74) is 1.27. The van der Waals surface area contributed by atoms with Crippen LogP contribution in [0, 0.1) is 10.1 Å². The number of nitro benzene ring substituents is 1. The van der Waals surface area contributed by atoms with E-state index in [4.69, 9.17) is 9.47 Å². The van der Waals surface area contributed by atoms with Crippen molar-refractivity contribution < 1.29 is 24.0 Å². The number of hydrogen-bond acceptors (Lipinski definition) is 6. The minimum absolute atomic E-state index is 0.0822. The standard InChI is InChI=1S/C21H17BrN2O6/c1-12-19(21(26)30-3)16(20(25)23(12)15-6-4-5-14(22)11-15)9-13-7-8-18(29-2)17(10-13)24(27)28/h4-11H,1-3H3. The van der Waals surface area contributed by atoms with E-state index in [0.29, 0.717) is 16.9 Å². The number of nitrogens with zero attached hydrogens (tertiary/aromatic N) is 2. The number of amides is 1. The Kier molecular flexibility index (Phi) is 6.02. The monoisotopic (exact) mass is 472 g/mol. The van der Waals surface area contributed by atoms with Crippen LogP contribution in [-0.2, 0) is 14.3 Å². The van der Waals surface area contributed by atoms with Crippen molar-refractivity contribution in [1.29, 1.82) is 0 Å². The summed E-state index contributed by atoms with van der Waals surface area (Å²) in [5.74, 6) is -1.02. The Morgan fingerprint density at radius 3 is 2.53 bits per heavy atom. The molecule has 2 aromatic carbocycles. The molecule has 3 rings (SSSR count). The molecule has 0 saturated carbocycles. The number of anilines is 1. The summed E-state index contributed by atoms with van der Waals surface area (Å²) >= 11 is 3.37. The summed E-state index contributed by atoms with van der Waals surface area (Å²) in [6.07, 6.45) is 1.43. The molecule has 154 valence electrons. The van der Waals surface area contributed by atoms with Gasteiger partial charge in [0.25, 0.3) is 5.91 Å². The lowest BCUT2D eigenvalue weighted by atomic mass is 10.0. The van der Waals surface area contributed by atoms with Crippen LogP contribution in [0.5, 0.6) is 5.75 Å². The number of allylic oxidation sites excluding steroid dienone is 1. The molecule has 0 radical (unpaired) electrons. The Bertz CT molecular complexity index is 1120. The highest BCUT2D eigenvalue weighted by Crippen LogP contribution is 2.37. The van der Waals surface area contributed by atoms with Crippen molar-refractivity contribution in [2.24, 2.45) is 0 Å². The van der Waals surface area contributed by atoms with Crippen LogP contribution in [0.4, 0.5) is 11.4 Å². The summed E-state index contributed by atoms with van der Waals surface area (Å²) < 4.78 is 10.6. The van der Waals surface area contributed by atoms with Crippen LogP contribution in [-0.4, -0.2) is 31.0 Å². The van der Waals surface area contributed by atoms with Crippen LogP contribution in [0.25, 0.3) is 6.08 Å². The molecule has 8 nitrogen and oxygen atoms in total. The maximum Gasteiger partial charge on any atom is 0.340 e. The molecule has 1 heterocycles. The number of carbonyl (C=O) groups is 2. The highest BCUT2D eigenvalue weighted by molar-refractivity contribution is 9.10. The third kappa shape index (κ3) is 3.84. The van der Waals surface area contributed by atoms with E-state index < -0.39 is 16.8 Å². The Morgan fingerprint density at radius 2 is 1.93 bits per heavy atom. The topological polar surface area (TPSA) is 99.0 Å². The summed E-state index contributed by atoms with van der Waals surface area (Å²) in [6, 6.07) is 11.4. The van der Waals surface area contributed by atoms with E-state index in [1.54, 1.807) is 31.2 Å². The molecule has 0 aliphatic carbocycles. The number of benzene rings is 2. The molecule has 2 aromatic rings. The molecule has 0 bridgehead atoms. The van der Waals surface area contributed by atoms with Crippen LogP contribution in [0.15, 0.2) is 63.8 Å². The molecular formula is C21H17BrN2O6. The molecule has 0 atom stereocenters. The third-order valence-corrected chi connectivity index (χ3v) is 5.06. The molecule has 0 aromatic heterocycles. The van der Waals surface area contributed by atoms with Gasteiger partial charge in [-0.15, -0.1) is 0 Å². The van der Waals surface area contributed by atoms with Gasteiger partial charge in [0.05, 0.1) is 36.0 Å². The van der Waals surface area contributed by atoms with Gasteiger partial charge in [0.1, 0.15) is 0 Å². The van der Waals surface area contributed by atoms with Crippen molar-refractivity contribution in [2.45, 2.75) is 6.92 Å². The first-order chi connectivity index (χ1) is 14.3. The summed E-state index contributed by atoms with van der Waals surface area (Å²) in [5, 5.41) is 11.3. The number of carbonyl (C=O) groups excluding carboxylic acids is 2. The Morgan fingerprint density at radius 1 is 1.20 bits per heavy atom. The zero-order valence-electron chi connectivity index (χ0n) is 16.3. The van der Waals surface area contributed by atoms with Gasteiger partial charge in [0, 0.05) is 16.2 Å². The normalized spacial score (nSPS) is 15.0. The molecule has 0 spiro atoms. The van der Waals surface area contributed by atoms with E-state index in [1.807, 2.05) is 6.07 Å². The Balaban J connectivity index is 2.16. The molecule has 0 unspecified atom stereocenters. The van der Waals surface area contributed by atoms with Crippen LogP contribution >= 0.6 is 15.9 Å². The molecule has 0 saturated heterocycles. The molecule has 9 heteroatoms. The maximum atomic E-state index is 13.2. The highest BCUT2D eigenvalue weighted by atomic mass is 79.9. The van der Waals surface area contributed by atoms with Gasteiger partial charge >= 0.3 is 11.7 Å². The van der Waals surface area contributed by atoms with Crippen molar-refractivity contribution >= 4 is 45.3 Å². The van der Waals surface area contributed by atoms with Crippen molar-refractivity contribution in [3.05, 3.63) is 79.5 Å². The number of rotatable bonds is 5. The molecule has 0 fully saturated rings. The first-order valence-corrected chi connectivity index (χ1v) is 9.51. The van der Waals surface area contributed by atoms with Crippen molar-refractivity contribution in [2.75, 3.05) is 19.1 Å². The lowest BCUT2D eigenvalue weighted by Gasteiger charge is -2.18. The largest absolute Gasteiger partial charge is 0.490 e. The summed E-state index contributed by atoms with van der Waals surface area (Å²) in [4.78, 5) is 37.8. The fourth-order valence-corrected chi connectivity index (χ4v) is 3.60. The van der Waals surface area contributed by atoms with Crippen molar-refractivity contribution in [1.82, 2.24) is 0 Å². The molecule has 1 aliphatic rings. The van der Waals surface area contributed by atoms with Gasteiger partial charge in [-0.1, -0.05) is 28.1 Å². The Labute approximate surface area is 180 Å².